The van der Waals surface area contributed by atoms with E-state index in [1.54, 1.807) is 0 Å². The molecule has 2 aromatic rings. The van der Waals surface area contributed by atoms with Crippen LogP contribution < -0.4 is 5.43 Å². The summed E-state index contributed by atoms with van der Waals surface area (Å²) in [6.07, 6.45) is -1.45. The number of amides is 1. The zero-order chi connectivity index (χ0) is 34.6. The number of esters is 2. The molecule has 48 heavy (non-hydrogen) atoms. The summed E-state index contributed by atoms with van der Waals surface area (Å²) in [6, 6.07) is 12.4. The molecule has 5 rings (SSSR count). The van der Waals surface area contributed by atoms with Gasteiger partial charge >= 0.3 is 11.9 Å². The van der Waals surface area contributed by atoms with E-state index in [2.05, 4.69) is 5.43 Å². The number of benzene rings is 2. The predicted octanol–water partition coefficient (Wildman–Crippen LogP) is 4.18. The molecule has 2 saturated heterocycles. The number of rotatable bonds is 14. The fraction of sp³-hybridized carbons (Fsp3) is 0.583. The summed E-state index contributed by atoms with van der Waals surface area (Å²) in [5, 5.41) is 13.3. The summed E-state index contributed by atoms with van der Waals surface area (Å²) in [6.45, 7) is 6.47. The number of carbonyl (C=O) groups excluding carboxylic acids is 3. The van der Waals surface area contributed by atoms with Gasteiger partial charge in [0.15, 0.2) is 6.29 Å². The van der Waals surface area contributed by atoms with Gasteiger partial charge in [-0.05, 0) is 41.5 Å². The first kappa shape index (κ1) is 35.8. The molecular formula is C36H46F2N2O8. The number of carbonyl (C=O) groups is 3. The molecule has 0 spiro atoms. The standard InChI is InChI=1S/C36H46F2N2O8/c1-36(2,3)29(16-31(42)45-4)34(44)39-40(17-21-8-6-5-7-9-21)18-30(41)23(10-22-11-25(37)15-26(38)12-22)14-32(43)48-33-24-13-27-28(33)20-47-35(27)46-19-24/h5-9,11-12,15,23-24,27-30,33,35,41H,10,13-14,16-20H2,1-4H3,(H,39,44)/t23-,24?,27?,28?,29-,30-,33?,35?/m1/s1. The van der Waals surface area contributed by atoms with Crippen molar-refractivity contribution in [1.82, 2.24) is 10.4 Å². The molecule has 10 nitrogen and oxygen atoms in total. The van der Waals surface area contributed by atoms with Gasteiger partial charge in [-0.25, -0.2) is 13.8 Å². The van der Waals surface area contributed by atoms with Gasteiger partial charge in [-0.2, -0.15) is 0 Å². The van der Waals surface area contributed by atoms with Gasteiger partial charge in [-0.1, -0.05) is 51.1 Å². The summed E-state index contributed by atoms with van der Waals surface area (Å²) in [5.41, 5.74) is 3.39. The van der Waals surface area contributed by atoms with Gasteiger partial charge in [0.25, 0.3) is 0 Å². The quantitative estimate of drug-likeness (QED) is 0.225. The zero-order valence-electron chi connectivity index (χ0n) is 27.9. The molecule has 3 aliphatic rings. The molecule has 5 unspecified atom stereocenters. The average molecular weight is 673 g/mol. The lowest BCUT2D eigenvalue weighted by molar-refractivity contribution is -0.178. The number of fused-ring (bicyclic) bond motifs is 1. The van der Waals surface area contributed by atoms with Gasteiger partial charge in [0, 0.05) is 42.8 Å². The summed E-state index contributed by atoms with van der Waals surface area (Å²) in [5.74, 6) is -4.37. The number of hydrogen-bond acceptors (Lipinski definition) is 9. The van der Waals surface area contributed by atoms with Crippen LogP contribution in [0.3, 0.4) is 0 Å². The predicted molar refractivity (Wildman–Crippen MR) is 169 cm³/mol. The Balaban J connectivity index is 1.35. The van der Waals surface area contributed by atoms with Crippen molar-refractivity contribution in [2.75, 3.05) is 26.9 Å². The van der Waals surface area contributed by atoms with E-state index in [1.807, 2.05) is 51.1 Å². The topological polar surface area (TPSA) is 124 Å². The van der Waals surface area contributed by atoms with Crippen LogP contribution in [0.1, 0.15) is 51.2 Å². The lowest BCUT2D eigenvalue weighted by atomic mass is 9.78. The lowest BCUT2D eigenvalue weighted by Crippen LogP contribution is -2.51. The molecule has 0 radical (unpaired) electrons. The number of aliphatic hydroxyl groups is 1. The number of ether oxygens (including phenoxy) is 4. The van der Waals surface area contributed by atoms with Gasteiger partial charge < -0.3 is 24.1 Å². The Kier molecular flexibility index (Phi) is 11.5. The van der Waals surface area contributed by atoms with Gasteiger partial charge in [-0.15, -0.1) is 0 Å². The monoisotopic (exact) mass is 672 g/mol. The highest BCUT2D eigenvalue weighted by Gasteiger charge is 2.56. The molecule has 2 heterocycles. The molecule has 1 aliphatic carbocycles. The van der Waals surface area contributed by atoms with Crippen LogP contribution in [0.15, 0.2) is 48.5 Å². The largest absolute Gasteiger partial charge is 0.469 e. The van der Waals surface area contributed by atoms with Crippen molar-refractivity contribution in [3.8, 4) is 0 Å². The molecule has 1 saturated carbocycles. The number of aliphatic hydroxyl groups excluding tert-OH is 1. The van der Waals surface area contributed by atoms with E-state index in [1.165, 1.54) is 24.3 Å². The van der Waals surface area contributed by atoms with Crippen LogP contribution in [-0.2, 0) is 46.3 Å². The maximum atomic E-state index is 14.2. The van der Waals surface area contributed by atoms with Crippen LogP contribution in [0.25, 0.3) is 0 Å². The first-order chi connectivity index (χ1) is 22.8. The van der Waals surface area contributed by atoms with Crippen LogP contribution in [-0.4, -0.2) is 73.3 Å². The fourth-order valence-electron chi connectivity index (χ4n) is 7.24. The van der Waals surface area contributed by atoms with Crippen LogP contribution in [0.2, 0.25) is 0 Å². The Morgan fingerprint density at radius 1 is 0.979 bits per heavy atom. The van der Waals surface area contributed by atoms with E-state index < -0.39 is 52.8 Å². The highest BCUT2D eigenvalue weighted by atomic mass is 19.1. The van der Waals surface area contributed by atoms with E-state index in [9.17, 15) is 28.3 Å². The van der Waals surface area contributed by atoms with Crippen LogP contribution in [0.5, 0.6) is 0 Å². The third-order valence-corrected chi connectivity index (χ3v) is 9.80. The first-order valence-electron chi connectivity index (χ1n) is 16.5. The summed E-state index contributed by atoms with van der Waals surface area (Å²) < 4.78 is 50.8. The number of methoxy groups -OCH3 is 1. The zero-order valence-corrected chi connectivity index (χ0v) is 27.9. The SMILES string of the molecule is COC(=O)C[C@H](C(=O)NN(Cc1ccccc1)C[C@@H](O)[C@@H](CC(=O)OC1C2COC3OCC1C3C2)Cc1cc(F)cc(F)c1)C(C)(C)C. The molecule has 1 amide bonds. The molecular weight excluding hydrogens is 626 g/mol. The molecule has 0 aromatic heterocycles. The Morgan fingerprint density at radius 3 is 2.33 bits per heavy atom. The lowest BCUT2D eigenvalue weighted by Gasteiger charge is -2.34. The number of hydrogen-bond donors (Lipinski definition) is 2. The van der Waals surface area contributed by atoms with Gasteiger partial charge in [0.2, 0.25) is 5.91 Å². The van der Waals surface area contributed by atoms with Crippen molar-refractivity contribution >= 4 is 17.8 Å². The smallest absolute Gasteiger partial charge is 0.306 e. The Bertz CT molecular complexity index is 1420. The van der Waals surface area contributed by atoms with Gasteiger partial charge in [-0.3, -0.25) is 19.8 Å². The van der Waals surface area contributed by atoms with Crippen molar-refractivity contribution in [2.45, 2.75) is 71.5 Å². The molecule has 262 valence electrons. The Morgan fingerprint density at radius 2 is 1.67 bits per heavy atom. The average Bonchev–Trinajstić information content (AvgIpc) is 3.55. The highest BCUT2D eigenvalue weighted by molar-refractivity contribution is 5.84. The Hall–Kier alpha value is -3.45. The second-order valence-corrected chi connectivity index (χ2v) is 14.4. The minimum atomic E-state index is -1.24. The van der Waals surface area contributed by atoms with Crippen molar-refractivity contribution in [2.24, 2.45) is 35.0 Å². The molecule has 2 aliphatic heterocycles. The van der Waals surface area contributed by atoms with Crippen LogP contribution in [0.4, 0.5) is 8.78 Å². The number of halogens is 2. The second kappa shape index (κ2) is 15.4. The highest BCUT2D eigenvalue weighted by Crippen LogP contribution is 2.49. The van der Waals surface area contributed by atoms with E-state index in [0.29, 0.717) is 13.2 Å². The first-order valence-corrected chi connectivity index (χ1v) is 16.5. The van der Waals surface area contributed by atoms with E-state index >= 15 is 0 Å². The Labute approximate surface area is 280 Å². The summed E-state index contributed by atoms with van der Waals surface area (Å²) in [7, 11) is 1.26. The van der Waals surface area contributed by atoms with Crippen LogP contribution >= 0.6 is 0 Å². The van der Waals surface area contributed by atoms with Crippen molar-refractivity contribution in [1.29, 1.82) is 0 Å². The number of nitrogens with one attached hydrogen (secondary N) is 1. The maximum absolute atomic E-state index is 14.2. The second-order valence-electron chi connectivity index (χ2n) is 14.4. The third kappa shape index (κ3) is 8.96. The minimum absolute atomic E-state index is 0.0283. The molecule has 8 atom stereocenters. The fourth-order valence-corrected chi connectivity index (χ4v) is 7.24. The molecule has 2 bridgehead atoms. The van der Waals surface area contributed by atoms with E-state index in [4.69, 9.17) is 18.9 Å². The summed E-state index contributed by atoms with van der Waals surface area (Å²) in [4.78, 5) is 39.4. The maximum Gasteiger partial charge on any atom is 0.306 e. The molecule has 2 aromatic carbocycles. The van der Waals surface area contributed by atoms with Crippen molar-refractivity contribution in [3.05, 3.63) is 71.3 Å². The van der Waals surface area contributed by atoms with Gasteiger partial charge in [0.1, 0.15) is 17.7 Å². The normalized spacial score (nSPS) is 25.0. The summed E-state index contributed by atoms with van der Waals surface area (Å²) >= 11 is 0. The van der Waals surface area contributed by atoms with Gasteiger partial charge in [0.05, 0.1) is 45.2 Å². The van der Waals surface area contributed by atoms with Crippen molar-refractivity contribution < 1.29 is 47.2 Å². The minimum Gasteiger partial charge on any atom is -0.469 e. The number of hydrazine groups is 1. The van der Waals surface area contributed by atoms with E-state index in [-0.39, 0.29) is 68.1 Å². The molecule has 3 fully saturated rings. The molecule has 2 N–H and O–H groups in total. The van der Waals surface area contributed by atoms with Crippen molar-refractivity contribution in [3.63, 3.8) is 0 Å². The third-order valence-electron chi connectivity index (χ3n) is 9.80. The van der Waals surface area contributed by atoms with E-state index in [0.717, 1.165) is 18.1 Å². The molecule has 12 heteroatoms. The van der Waals surface area contributed by atoms with Crippen LogP contribution in [0, 0.1) is 46.6 Å². The number of nitrogens with zero attached hydrogens (tertiary/aromatic N) is 1.